The summed E-state index contributed by atoms with van der Waals surface area (Å²) in [5, 5.41) is 4.54. The summed E-state index contributed by atoms with van der Waals surface area (Å²) in [5.41, 5.74) is 6.60. The van der Waals surface area contributed by atoms with E-state index in [2.05, 4.69) is 12.2 Å². The molecule has 1 fully saturated rings. The van der Waals surface area contributed by atoms with E-state index in [0.717, 1.165) is 22.9 Å². The summed E-state index contributed by atoms with van der Waals surface area (Å²) < 4.78 is 0.994. The highest BCUT2D eigenvalue weighted by molar-refractivity contribution is 7.21. The molecule has 3 N–H and O–H groups in total. The number of hydrogen-bond donors (Lipinski definition) is 2. The second kappa shape index (κ2) is 4.69. The average Bonchev–Trinajstić information content (AvgIpc) is 2.65. The molecule has 3 nitrogen and oxygen atoms in total. The van der Waals surface area contributed by atoms with Crippen LogP contribution >= 0.6 is 22.9 Å². The summed E-state index contributed by atoms with van der Waals surface area (Å²) in [4.78, 5) is 12.8. The summed E-state index contributed by atoms with van der Waals surface area (Å²) in [6, 6.07) is 5.83. The van der Waals surface area contributed by atoms with Gasteiger partial charge in [-0.25, -0.2) is 0 Å². The molecule has 1 aliphatic rings. The maximum absolute atomic E-state index is 12.2. The molecule has 0 atom stereocenters. The van der Waals surface area contributed by atoms with Crippen LogP contribution in [0.25, 0.3) is 10.1 Å². The summed E-state index contributed by atoms with van der Waals surface area (Å²) in [7, 11) is 0. The highest BCUT2D eigenvalue weighted by atomic mass is 35.5. The molecule has 100 valence electrons. The molecule has 5 heteroatoms. The molecule has 0 spiro atoms. The van der Waals surface area contributed by atoms with Crippen molar-refractivity contribution < 1.29 is 4.79 Å². The molecule has 2 aromatic rings. The number of nitrogens with one attached hydrogen (secondary N) is 1. The molecule has 3 rings (SSSR count). The molecule has 0 saturated heterocycles. The van der Waals surface area contributed by atoms with E-state index in [1.165, 1.54) is 11.3 Å². The Morgan fingerprint density at radius 2 is 2.21 bits per heavy atom. The number of rotatable bonds is 2. The summed E-state index contributed by atoms with van der Waals surface area (Å²) >= 11 is 7.38. The average molecular weight is 295 g/mol. The van der Waals surface area contributed by atoms with Gasteiger partial charge in [-0.1, -0.05) is 18.5 Å². The van der Waals surface area contributed by atoms with Crippen LogP contribution in [0.5, 0.6) is 0 Å². The summed E-state index contributed by atoms with van der Waals surface area (Å²) in [6.45, 7) is 2.19. The van der Waals surface area contributed by atoms with Crippen LogP contribution in [0.2, 0.25) is 5.02 Å². The highest BCUT2D eigenvalue weighted by Crippen LogP contribution is 2.35. The van der Waals surface area contributed by atoms with E-state index < -0.39 is 0 Å². The smallest absolute Gasteiger partial charge is 0.263 e. The maximum atomic E-state index is 12.2. The van der Waals surface area contributed by atoms with Crippen LogP contribution in [0.4, 0.5) is 5.69 Å². The van der Waals surface area contributed by atoms with E-state index >= 15 is 0 Å². The minimum Gasteiger partial charge on any atom is -0.397 e. The molecule has 19 heavy (non-hydrogen) atoms. The molecule has 1 aromatic heterocycles. The van der Waals surface area contributed by atoms with Crippen LogP contribution in [0.3, 0.4) is 0 Å². The number of nitrogen functional groups attached to an aromatic ring is 1. The van der Waals surface area contributed by atoms with Crippen molar-refractivity contribution >= 4 is 44.6 Å². The van der Waals surface area contributed by atoms with E-state index in [9.17, 15) is 4.79 Å². The van der Waals surface area contributed by atoms with E-state index in [0.29, 0.717) is 27.5 Å². The standard InChI is InChI=1S/C14H15ClN2OS/c1-7-4-9(5-7)17-14(18)13-12(16)10-6-8(15)2-3-11(10)19-13/h2-3,6-7,9H,4-5,16H2,1H3,(H,17,18). The molecule has 0 bridgehead atoms. The number of carbonyl (C=O) groups is 1. The van der Waals surface area contributed by atoms with Crippen molar-refractivity contribution in [3.05, 3.63) is 28.1 Å². The van der Waals surface area contributed by atoms with Crippen LogP contribution in [0.1, 0.15) is 29.4 Å². The number of fused-ring (bicyclic) bond motifs is 1. The maximum Gasteiger partial charge on any atom is 0.263 e. The van der Waals surface area contributed by atoms with Crippen molar-refractivity contribution in [3.8, 4) is 0 Å². The topological polar surface area (TPSA) is 55.1 Å². The lowest BCUT2D eigenvalue weighted by molar-refractivity contribution is 0.0901. The Hall–Kier alpha value is -1.26. The van der Waals surface area contributed by atoms with Crippen LogP contribution in [0, 0.1) is 5.92 Å². The predicted octanol–water partition coefficient (Wildman–Crippen LogP) is 3.67. The number of halogens is 1. The van der Waals surface area contributed by atoms with E-state index in [1.54, 1.807) is 0 Å². The molecule has 1 heterocycles. The van der Waals surface area contributed by atoms with Crippen LogP contribution < -0.4 is 11.1 Å². The molecule has 1 amide bonds. The summed E-state index contributed by atoms with van der Waals surface area (Å²) in [6.07, 6.45) is 2.12. The van der Waals surface area contributed by atoms with Gasteiger partial charge in [-0.3, -0.25) is 4.79 Å². The highest BCUT2D eigenvalue weighted by Gasteiger charge is 2.28. The van der Waals surface area contributed by atoms with Gasteiger partial charge in [0.1, 0.15) is 4.88 Å². The predicted molar refractivity (Wildman–Crippen MR) is 80.9 cm³/mol. The van der Waals surface area contributed by atoms with Crippen LogP contribution in [-0.4, -0.2) is 11.9 Å². The van der Waals surface area contributed by atoms with Gasteiger partial charge >= 0.3 is 0 Å². The molecular weight excluding hydrogens is 280 g/mol. The van der Waals surface area contributed by atoms with Gasteiger partial charge in [-0.2, -0.15) is 0 Å². The van der Waals surface area contributed by atoms with Crippen LogP contribution in [-0.2, 0) is 0 Å². The summed E-state index contributed by atoms with van der Waals surface area (Å²) in [5.74, 6) is 0.649. The van der Waals surface area contributed by atoms with Gasteiger partial charge in [0.2, 0.25) is 0 Å². The monoisotopic (exact) mass is 294 g/mol. The molecular formula is C14H15ClN2OS. The van der Waals surface area contributed by atoms with E-state index in [-0.39, 0.29) is 5.91 Å². The van der Waals surface area contributed by atoms with Crippen molar-refractivity contribution in [2.75, 3.05) is 5.73 Å². The van der Waals surface area contributed by atoms with Crippen molar-refractivity contribution in [3.63, 3.8) is 0 Å². The molecule has 1 aliphatic carbocycles. The number of amides is 1. The third kappa shape index (κ3) is 2.30. The first-order valence-corrected chi connectivity index (χ1v) is 7.52. The number of hydrogen-bond acceptors (Lipinski definition) is 3. The normalized spacial score (nSPS) is 22.2. The first-order chi connectivity index (χ1) is 9.04. The Balaban J connectivity index is 1.87. The van der Waals surface area contributed by atoms with Gasteiger partial charge in [-0.15, -0.1) is 11.3 Å². The molecule has 1 aromatic carbocycles. The fourth-order valence-corrected chi connectivity index (χ4v) is 3.71. The Bertz CT molecular complexity index is 646. The number of carbonyl (C=O) groups excluding carboxylic acids is 1. The zero-order valence-corrected chi connectivity index (χ0v) is 12.1. The number of thiophene rings is 1. The number of nitrogens with two attached hydrogens (primary N) is 1. The SMILES string of the molecule is CC1CC(NC(=O)c2sc3ccc(Cl)cc3c2N)C1. The van der Waals surface area contributed by atoms with Crippen molar-refractivity contribution in [2.24, 2.45) is 5.92 Å². The molecule has 1 saturated carbocycles. The van der Waals surface area contributed by atoms with Gasteiger partial charge in [-0.05, 0) is 37.0 Å². The Morgan fingerprint density at radius 1 is 1.47 bits per heavy atom. The van der Waals surface area contributed by atoms with Crippen molar-refractivity contribution in [2.45, 2.75) is 25.8 Å². The van der Waals surface area contributed by atoms with Crippen molar-refractivity contribution in [1.29, 1.82) is 0 Å². The van der Waals surface area contributed by atoms with Gasteiger partial charge < -0.3 is 11.1 Å². The quantitative estimate of drug-likeness (QED) is 0.888. The Morgan fingerprint density at radius 3 is 2.89 bits per heavy atom. The minimum absolute atomic E-state index is 0.0632. The van der Waals surface area contributed by atoms with Gasteiger partial charge in [0.25, 0.3) is 5.91 Å². The molecule has 0 unspecified atom stereocenters. The van der Waals surface area contributed by atoms with E-state index in [1.807, 2.05) is 18.2 Å². The largest absolute Gasteiger partial charge is 0.397 e. The number of anilines is 1. The Labute approximate surface area is 120 Å². The minimum atomic E-state index is -0.0632. The van der Waals surface area contributed by atoms with Gasteiger partial charge in [0, 0.05) is 21.2 Å². The fourth-order valence-electron chi connectivity index (χ4n) is 2.53. The first-order valence-electron chi connectivity index (χ1n) is 6.33. The molecule has 0 radical (unpaired) electrons. The Kier molecular flexibility index (Phi) is 3.15. The molecule has 0 aliphatic heterocycles. The van der Waals surface area contributed by atoms with Crippen LogP contribution in [0.15, 0.2) is 18.2 Å². The lowest BCUT2D eigenvalue weighted by atomic mass is 9.82. The second-order valence-electron chi connectivity index (χ2n) is 5.23. The number of benzene rings is 1. The zero-order chi connectivity index (χ0) is 13.6. The third-order valence-electron chi connectivity index (χ3n) is 3.60. The zero-order valence-electron chi connectivity index (χ0n) is 10.6. The van der Waals surface area contributed by atoms with Gasteiger partial charge in [0.15, 0.2) is 0 Å². The second-order valence-corrected chi connectivity index (χ2v) is 6.72. The van der Waals surface area contributed by atoms with Crippen molar-refractivity contribution in [1.82, 2.24) is 5.32 Å². The third-order valence-corrected chi connectivity index (χ3v) is 5.02. The lowest BCUT2D eigenvalue weighted by Gasteiger charge is -2.33. The first kappa shape index (κ1) is 12.8. The lowest BCUT2D eigenvalue weighted by Crippen LogP contribution is -2.43. The van der Waals surface area contributed by atoms with E-state index in [4.69, 9.17) is 17.3 Å². The fraction of sp³-hybridized carbons (Fsp3) is 0.357. The van der Waals surface area contributed by atoms with Gasteiger partial charge in [0.05, 0.1) is 5.69 Å².